The van der Waals surface area contributed by atoms with Crippen LogP contribution in [-0.4, -0.2) is 52.2 Å². The number of rotatable bonds is 4. The highest BCUT2D eigenvalue weighted by Gasteiger charge is 2.27. The summed E-state index contributed by atoms with van der Waals surface area (Å²) in [5.74, 6) is -1.78. The molecule has 0 aliphatic carbocycles. The maximum absolute atomic E-state index is 13.8. The monoisotopic (exact) mass is 361 g/mol. The zero-order chi connectivity index (χ0) is 18.7. The van der Waals surface area contributed by atoms with Crippen LogP contribution >= 0.6 is 0 Å². The van der Waals surface area contributed by atoms with Crippen LogP contribution in [0.3, 0.4) is 0 Å². The molecule has 1 fully saturated rings. The summed E-state index contributed by atoms with van der Waals surface area (Å²) in [7, 11) is 0. The minimum Gasteiger partial charge on any atom is -0.336 e. The SMILES string of the molecule is CCc1nnc(N2CCN(C(=O)c3c(F)cccc3F)CC2)nc1CC. The summed E-state index contributed by atoms with van der Waals surface area (Å²) in [4.78, 5) is 20.4. The second kappa shape index (κ2) is 7.72. The van der Waals surface area contributed by atoms with E-state index >= 15 is 0 Å². The van der Waals surface area contributed by atoms with E-state index in [1.54, 1.807) is 0 Å². The first kappa shape index (κ1) is 18.2. The molecule has 1 aromatic heterocycles. The van der Waals surface area contributed by atoms with Crippen molar-refractivity contribution in [3.05, 3.63) is 46.8 Å². The quantitative estimate of drug-likeness (QED) is 0.836. The van der Waals surface area contributed by atoms with Crippen molar-refractivity contribution in [3.8, 4) is 0 Å². The van der Waals surface area contributed by atoms with Crippen molar-refractivity contribution in [1.82, 2.24) is 20.1 Å². The largest absolute Gasteiger partial charge is 0.336 e. The Morgan fingerprint density at radius 1 is 1.00 bits per heavy atom. The lowest BCUT2D eigenvalue weighted by molar-refractivity contribution is 0.0736. The highest BCUT2D eigenvalue weighted by Crippen LogP contribution is 2.18. The first-order valence-electron chi connectivity index (χ1n) is 8.75. The summed E-state index contributed by atoms with van der Waals surface area (Å²) in [5, 5.41) is 8.41. The Bertz CT molecular complexity index is 786. The summed E-state index contributed by atoms with van der Waals surface area (Å²) in [5.41, 5.74) is 1.31. The van der Waals surface area contributed by atoms with E-state index in [2.05, 4.69) is 15.2 Å². The molecule has 0 unspecified atom stereocenters. The molecule has 26 heavy (non-hydrogen) atoms. The molecular formula is C18H21F2N5O. The number of hydrogen-bond acceptors (Lipinski definition) is 5. The van der Waals surface area contributed by atoms with Gasteiger partial charge in [-0.1, -0.05) is 19.9 Å². The maximum Gasteiger partial charge on any atom is 0.259 e. The Kier molecular flexibility index (Phi) is 5.39. The minimum absolute atomic E-state index is 0.340. The molecule has 0 saturated carbocycles. The highest BCUT2D eigenvalue weighted by molar-refractivity contribution is 5.95. The van der Waals surface area contributed by atoms with Crippen LogP contribution < -0.4 is 4.90 Å². The second-order valence-electron chi connectivity index (χ2n) is 6.09. The molecule has 3 rings (SSSR count). The summed E-state index contributed by atoms with van der Waals surface area (Å²) < 4.78 is 27.7. The summed E-state index contributed by atoms with van der Waals surface area (Å²) in [6.07, 6.45) is 1.55. The molecule has 0 bridgehead atoms. The normalized spacial score (nSPS) is 14.6. The molecule has 1 aromatic carbocycles. The van der Waals surface area contributed by atoms with Crippen LogP contribution in [0, 0.1) is 11.6 Å². The van der Waals surface area contributed by atoms with Gasteiger partial charge in [-0.3, -0.25) is 4.79 Å². The number of nitrogens with zero attached hydrogens (tertiary/aromatic N) is 5. The van der Waals surface area contributed by atoms with E-state index < -0.39 is 23.1 Å². The molecule has 0 atom stereocenters. The molecular weight excluding hydrogens is 340 g/mol. The molecule has 0 radical (unpaired) electrons. The fraction of sp³-hybridized carbons (Fsp3) is 0.444. The van der Waals surface area contributed by atoms with Crippen LogP contribution in [0.5, 0.6) is 0 Å². The third-order valence-electron chi connectivity index (χ3n) is 4.52. The maximum atomic E-state index is 13.8. The molecule has 2 aromatic rings. The fourth-order valence-corrected chi connectivity index (χ4v) is 3.03. The standard InChI is InChI=1S/C18H21F2N5O/c1-3-14-15(4-2)22-23-18(21-14)25-10-8-24(9-11-25)17(26)16-12(19)6-5-7-13(16)20/h5-7H,3-4,8-11H2,1-2H3. The average molecular weight is 361 g/mol. The van der Waals surface area contributed by atoms with Gasteiger partial charge in [0, 0.05) is 26.2 Å². The molecule has 1 aliphatic heterocycles. The van der Waals surface area contributed by atoms with Crippen molar-refractivity contribution in [2.45, 2.75) is 26.7 Å². The number of aryl methyl sites for hydroxylation is 2. The van der Waals surface area contributed by atoms with Gasteiger partial charge in [-0.05, 0) is 25.0 Å². The molecule has 1 amide bonds. The van der Waals surface area contributed by atoms with E-state index in [1.165, 1.54) is 11.0 Å². The highest BCUT2D eigenvalue weighted by atomic mass is 19.1. The molecule has 2 heterocycles. The lowest BCUT2D eigenvalue weighted by Gasteiger charge is -2.34. The van der Waals surface area contributed by atoms with E-state index in [1.807, 2.05) is 18.7 Å². The Morgan fingerprint density at radius 2 is 1.62 bits per heavy atom. The molecule has 138 valence electrons. The number of carbonyl (C=O) groups excluding carboxylic acids is 1. The van der Waals surface area contributed by atoms with Crippen molar-refractivity contribution in [2.24, 2.45) is 0 Å². The van der Waals surface area contributed by atoms with Gasteiger partial charge >= 0.3 is 0 Å². The molecule has 0 N–H and O–H groups in total. The third-order valence-corrected chi connectivity index (χ3v) is 4.52. The second-order valence-corrected chi connectivity index (χ2v) is 6.09. The van der Waals surface area contributed by atoms with Gasteiger partial charge in [0.2, 0.25) is 5.95 Å². The first-order valence-corrected chi connectivity index (χ1v) is 8.75. The number of carbonyl (C=O) groups is 1. The van der Waals surface area contributed by atoms with E-state index in [9.17, 15) is 13.6 Å². The van der Waals surface area contributed by atoms with Gasteiger partial charge in [-0.15, -0.1) is 5.10 Å². The van der Waals surface area contributed by atoms with Gasteiger partial charge < -0.3 is 9.80 Å². The number of anilines is 1. The number of halogens is 2. The summed E-state index contributed by atoms with van der Waals surface area (Å²) in [6, 6.07) is 3.43. The minimum atomic E-state index is -0.840. The lowest BCUT2D eigenvalue weighted by Crippen LogP contribution is -2.49. The summed E-state index contributed by atoms with van der Waals surface area (Å²) >= 11 is 0. The molecule has 1 aliphatic rings. The van der Waals surface area contributed by atoms with Crippen LogP contribution in [0.1, 0.15) is 35.6 Å². The van der Waals surface area contributed by atoms with Gasteiger partial charge in [0.15, 0.2) is 0 Å². The first-order chi connectivity index (χ1) is 12.5. The Balaban J connectivity index is 1.70. The molecule has 1 saturated heterocycles. The van der Waals surface area contributed by atoms with Gasteiger partial charge in [-0.2, -0.15) is 5.10 Å². The Labute approximate surface area is 150 Å². The number of aromatic nitrogens is 3. The topological polar surface area (TPSA) is 62.2 Å². The Hall–Kier alpha value is -2.64. The van der Waals surface area contributed by atoms with Crippen LogP contribution in [-0.2, 0) is 12.8 Å². The van der Waals surface area contributed by atoms with Crippen LogP contribution in [0.25, 0.3) is 0 Å². The van der Waals surface area contributed by atoms with Crippen LogP contribution in [0.15, 0.2) is 18.2 Å². The van der Waals surface area contributed by atoms with Gasteiger partial charge in [-0.25, -0.2) is 13.8 Å². The fourth-order valence-electron chi connectivity index (χ4n) is 3.03. The molecule has 0 spiro atoms. The Morgan fingerprint density at radius 3 is 2.19 bits per heavy atom. The zero-order valence-electron chi connectivity index (χ0n) is 14.9. The van der Waals surface area contributed by atoms with E-state index in [4.69, 9.17) is 0 Å². The van der Waals surface area contributed by atoms with Gasteiger partial charge in [0.25, 0.3) is 5.91 Å². The predicted molar refractivity (Wildman–Crippen MR) is 93.1 cm³/mol. The summed E-state index contributed by atoms with van der Waals surface area (Å²) in [6.45, 7) is 5.68. The van der Waals surface area contributed by atoms with E-state index in [0.29, 0.717) is 32.1 Å². The van der Waals surface area contributed by atoms with E-state index in [0.717, 1.165) is 36.4 Å². The van der Waals surface area contributed by atoms with Gasteiger partial charge in [0.1, 0.15) is 17.2 Å². The third kappa shape index (κ3) is 3.49. The zero-order valence-corrected chi connectivity index (χ0v) is 14.9. The molecule has 6 nitrogen and oxygen atoms in total. The number of piperazine rings is 1. The predicted octanol–water partition coefficient (Wildman–Crippen LogP) is 2.24. The lowest BCUT2D eigenvalue weighted by atomic mass is 10.1. The van der Waals surface area contributed by atoms with Crippen molar-refractivity contribution in [3.63, 3.8) is 0 Å². The van der Waals surface area contributed by atoms with E-state index in [-0.39, 0.29) is 0 Å². The van der Waals surface area contributed by atoms with Crippen molar-refractivity contribution in [1.29, 1.82) is 0 Å². The van der Waals surface area contributed by atoms with Crippen molar-refractivity contribution < 1.29 is 13.6 Å². The average Bonchev–Trinajstić information content (AvgIpc) is 2.67. The number of benzene rings is 1. The van der Waals surface area contributed by atoms with Crippen molar-refractivity contribution >= 4 is 11.9 Å². The van der Waals surface area contributed by atoms with Crippen molar-refractivity contribution in [2.75, 3.05) is 31.1 Å². The van der Waals surface area contributed by atoms with Crippen LogP contribution in [0.2, 0.25) is 0 Å². The number of amides is 1. The van der Waals surface area contributed by atoms with Crippen LogP contribution in [0.4, 0.5) is 14.7 Å². The number of hydrogen-bond donors (Lipinski definition) is 0. The van der Waals surface area contributed by atoms with Gasteiger partial charge in [0.05, 0.1) is 11.4 Å². The smallest absolute Gasteiger partial charge is 0.259 e. The molecule has 8 heteroatoms.